The zero-order valence-corrected chi connectivity index (χ0v) is 12.7. The van der Waals surface area contributed by atoms with Crippen LogP contribution < -0.4 is 5.32 Å². The lowest BCUT2D eigenvalue weighted by Gasteiger charge is -2.19. The van der Waals surface area contributed by atoms with Gasteiger partial charge in [-0.1, -0.05) is 13.8 Å². The molecular formula is C13H19BrN2O2. The van der Waals surface area contributed by atoms with Crippen molar-refractivity contribution in [3.8, 4) is 0 Å². The van der Waals surface area contributed by atoms with Crippen LogP contribution in [0.2, 0.25) is 0 Å². The van der Waals surface area contributed by atoms with Gasteiger partial charge in [-0.15, -0.1) is 0 Å². The van der Waals surface area contributed by atoms with Gasteiger partial charge < -0.3 is 10.1 Å². The molecule has 18 heavy (non-hydrogen) atoms. The van der Waals surface area contributed by atoms with Crippen LogP contribution in [0.25, 0.3) is 0 Å². The third kappa shape index (κ3) is 4.07. The summed E-state index contributed by atoms with van der Waals surface area (Å²) >= 11 is 3.33. The van der Waals surface area contributed by atoms with E-state index in [1.54, 1.807) is 7.11 Å². The third-order valence-corrected chi connectivity index (χ3v) is 3.35. The van der Waals surface area contributed by atoms with Gasteiger partial charge in [0.25, 0.3) is 5.91 Å². The van der Waals surface area contributed by atoms with Gasteiger partial charge in [0, 0.05) is 23.8 Å². The van der Waals surface area contributed by atoms with E-state index in [4.69, 9.17) is 4.74 Å². The number of hydrogen-bond acceptors (Lipinski definition) is 3. The molecule has 0 radical (unpaired) electrons. The maximum atomic E-state index is 12.0. The Morgan fingerprint density at radius 2 is 2.17 bits per heavy atom. The summed E-state index contributed by atoms with van der Waals surface area (Å²) in [6, 6.07) is 3.68. The van der Waals surface area contributed by atoms with Crippen molar-refractivity contribution in [2.75, 3.05) is 13.7 Å². The van der Waals surface area contributed by atoms with Crippen molar-refractivity contribution in [1.82, 2.24) is 10.3 Å². The highest BCUT2D eigenvalue weighted by Gasteiger charge is 2.16. The molecule has 1 amide bonds. The van der Waals surface area contributed by atoms with E-state index in [-0.39, 0.29) is 12.0 Å². The topological polar surface area (TPSA) is 51.2 Å². The Morgan fingerprint density at radius 1 is 1.50 bits per heavy atom. The fourth-order valence-electron chi connectivity index (χ4n) is 1.57. The van der Waals surface area contributed by atoms with Gasteiger partial charge in [-0.3, -0.25) is 4.79 Å². The maximum absolute atomic E-state index is 12.0. The molecule has 0 spiro atoms. The van der Waals surface area contributed by atoms with E-state index in [9.17, 15) is 4.79 Å². The molecule has 1 heterocycles. The normalized spacial score (nSPS) is 12.6. The molecule has 1 aromatic heterocycles. The zero-order valence-electron chi connectivity index (χ0n) is 11.2. The Labute approximate surface area is 116 Å². The lowest BCUT2D eigenvalue weighted by Crippen LogP contribution is -2.36. The minimum atomic E-state index is -0.187. The van der Waals surface area contributed by atoms with E-state index in [2.05, 4.69) is 40.1 Å². The van der Waals surface area contributed by atoms with E-state index >= 15 is 0 Å². The van der Waals surface area contributed by atoms with Crippen LogP contribution in [0, 0.1) is 12.8 Å². The summed E-state index contributed by atoms with van der Waals surface area (Å²) < 4.78 is 6.00. The number of pyridine rings is 1. The number of carbonyl (C=O) groups is 1. The molecule has 0 aliphatic carbocycles. The molecule has 1 atom stereocenters. The molecule has 1 aromatic rings. The number of aromatic nitrogens is 1. The standard InChI is InChI=1S/C13H19BrN2O2/c1-8(2)11(18-4)7-15-13(17)12-10(14)6-5-9(3)16-12/h5-6,8,11H,7H2,1-4H3,(H,15,17). The molecule has 0 aliphatic rings. The molecule has 0 aromatic carbocycles. The Morgan fingerprint density at radius 3 is 2.72 bits per heavy atom. The van der Waals surface area contributed by atoms with Crippen LogP contribution in [-0.2, 0) is 4.74 Å². The van der Waals surface area contributed by atoms with Crippen LogP contribution in [0.4, 0.5) is 0 Å². The van der Waals surface area contributed by atoms with Crippen molar-refractivity contribution in [2.45, 2.75) is 26.9 Å². The zero-order chi connectivity index (χ0) is 13.7. The summed E-state index contributed by atoms with van der Waals surface area (Å²) in [5, 5.41) is 2.84. The highest BCUT2D eigenvalue weighted by molar-refractivity contribution is 9.10. The van der Waals surface area contributed by atoms with Crippen molar-refractivity contribution in [2.24, 2.45) is 5.92 Å². The van der Waals surface area contributed by atoms with E-state index < -0.39 is 0 Å². The first-order valence-electron chi connectivity index (χ1n) is 5.89. The van der Waals surface area contributed by atoms with Crippen molar-refractivity contribution < 1.29 is 9.53 Å². The van der Waals surface area contributed by atoms with Crippen LogP contribution >= 0.6 is 15.9 Å². The molecule has 0 fully saturated rings. The molecule has 0 saturated carbocycles. The monoisotopic (exact) mass is 314 g/mol. The predicted octanol–water partition coefficient (Wildman–Crippen LogP) is 2.55. The first-order chi connectivity index (χ1) is 8.45. The van der Waals surface area contributed by atoms with Gasteiger partial charge in [0.05, 0.1) is 6.10 Å². The van der Waals surface area contributed by atoms with Crippen LogP contribution in [0.5, 0.6) is 0 Å². The van der Waals surface area contributed by atoms with Crippen molar-refractivity contribution in [1.29, 1.82) is 0 Å². The van der Waals surface area contributed by atoms with Gasteiger partial charge in [-0.25, -0.2) is 4.98 Å². The van der Waals surface area contributed by atoms with Crippen LogP contribution in [-0.4, -0.2) is 30.6 Å². The number of amides is 1. The number of carbonyl (C=O) groups excluding carboxylic acids is 1. The summed E-state index contributed by atoms with van der Waals surface area (Å²) in [5.41, 5.74) is 1.23. The first-order valence-corrected chi connectivity index (χ1v) is 6.69. The molecule has 0 saturated heterocycles. The molecule has 1 unspecified atom stereocenters. The largest absolute Gasteiger partial charge is 0.379 e. The summed E-state index contributed by atoms with van der Waals surface area (Å²) in [6.07, 6.45) is 0.0116. The van der Waals surface area contributed by atoms with Gasteiger partial charge in [0.2, 0.25) is 0 Å². The van der Waals surface area contributed by atoms with Gasteiger partial charge >= 0.3 is 0 Å². The Hall–Kier alpha value is -0.940. The highest BCUT2D eigenvalue weighted by atomic mass is 79.9. The Kier molecular flexibility index (Phi) is 5.75. The molecule has 100 valence electrons. The number of nitrogens with zero attached hydrogens (tertiary/aromatic N) is 1. The number of aryl methyl sites for hydroxylation is 1. The highest BCUT2D eigenvalue weighted by Crippen LogP contribution is 2.15. The average molecular weight is 315 g/mol. The van der Waals surface area contributed by atoms with Gasteiger partial charge in [-0.05, 0) is 40.9 Å². The fourth-order valence-corrected chi connectivity index (χ4v) is 1.97. The Bertz CT molecular complexity index is 421. The number of methoxy groups -OCH3 is 1. The minimum Gasteiger partial charge on any atom is -0.379 e. The van der Waals surface area contributed by atoms with E-state index in [1.807, 2.05) is 19.1 Å². The van der Waals surface area contributed by atoms with Crippen LogP contribution in [0.3, 0.4) is 0 Å². The minimum absolute atomic E-state index is 0.0116. The van der Waals surface area contributed by atoms with Crippen molar-refractivity contribution in [3.63, 3.8) is 0 Å². The molecule has 0 aliphatic heterocycles. The summed E-state index contributed by atoms with van der Waals surface area (Å²) in [6.45, 7) is 6.45. The van der Waals surface area contributed by atoms with Crippen LogP contribution in [0.1, 0.15) is 30.0 Å². The van der Waals surface area contributed by atoms with E-state index in [1.165, 1.54) is 0 Å². The SMILES string of the molecule is COC(CNC(=O)c1nc(C)ccc1Br)C(C)C. The number of rotatable bonds is 5. The van der Waals surface area contributed by atoms with Crippen LogP contribution in [0.15, 0.2) is 16.6 Å². The van der Waals surface area contributed by atoms with Gasteiger partial charge in [0.1, 0.15) is 5.69 Å². The summed E-state index contributed by atoms with van der Waals surface area (Å²) in [4.78, 5) is 16.2. The van der Waals surface area contributed by atoms with E-state index in [0.717, 1.165) is 5.69 Å². The second kappa shape index (κ2) is 6.85. The van der Waals surface area contributed by atoms with E-state index in [0.29, 0.717) is 22.6 Å². The summed E-state index contributed by atoms with van der Waals surface area (Å²) in [5.74, 6) is 0.164. The molecular weight excluding hydrogens is 296 g/mol. The second-order valence-corrected chi connectivity index (χ2v) is 5.37. The number of nitrogens with one attached hydrogen (secondary N) is 1. The molecule has 5 heteroatoms. The third-order valence-electron chi connectivity index (χ3n) is 2.71. The summed E-state index contributed by atoms with van der Waals surface area (Å²) in [7, 11) is 1.65. The maximum Gasteiger partial charge on any atom is 0.271 e. The second-order valence-electron chi connectivity index (χ2n) is 4.51. The molecule has 1 N–H and O–H groups in total. The molecule has 0 bridgehead atoms. The molecule has 4 nitrogen and oxygen atoms in total. The van der Waals surface area contributed by atoms with Crippen molar-refractivity contribution in [3.05, 3.63) is 28.0 Å². The Balaban J connectivity index is 2.68. The first kappa shape index (κ1) is 15.1. The molecule has 1 rings (SSSR count). The smallest absolute Gasteiger partial charge is 0.271 e. The predicted molar refractivity (Wildman–Crippen MR) is 74.6 cm³/mol. The van der Waals surface area contributed by atoms with Crippen molar-refractivity contribution >= 4 is 21.8 Å². The lowest BCUT2D eigenvalue weighted by atomic mass is 10.1. The number of hydrogen-bond donors (Lipinski definition) is 1. The lowest BCUT2D eigenvalue weighted by molar-refractivity contribution is 0.0603. The fraction of sp³-hybridized carbons (Fsp3) is 0.538. The average Bonchev–Trinajstić information content (AvgIpc) is 2.32. The van der Waals surface area contributed by atoms with Gasteiger partial charge in [0.15, 0.2) is 0 Å². The number of ether oxygens (including phenoxy) is 1. The number of halogens is 1. The quantitative estimate of drug-likeness (QED) is 0.908. The van der Waals surface area contributed by atoms with Gasteiger partial charge in [-0.2, -0.15) is 0 Å².